The molecule has 2 heterocycles. The molecule has 0 saturated carbocycles. The van der Waals surface area contributed by atoms with E-state index in [0.29, 0.717) is 18.4 Å². The first-order chi connectivity index (χ1) is 11.7. The van der Waals surface area contributed by atoms with Crippen molar-refractivity contribution in [2.24, 2.45) is 10.9 Å². The van der Waals surface area contributed by atoms with Gasteiger partial charge in [0.05, 0.1) is 0 Å². The Labute approximate surface area is 147 Å². The monoisotopic (exact) mass is 337 g/mol. The van der Waals surface area contributed by atoms with Crippen LogP contribution in [0.15, 0.2) is 4.99 Å². The molecule has 2 fully saturated rings. The van der Waals surface area contributed by atoms with Crippen LogP contribution in [0.4, 0.5) is 0 Å². The molecule has 6 heteroatoms. The van der Waals surface area contributed by atoms with Crippen molar-refractivity contribution in [2.75, 3.05) is 46.8 Å². The van der Waals surface area contributed by atoms with Crippen LogP contribution in [-0.2, 0) is 4.79 Å². The molecular weight excluding hydrogens is 302 g/mol. The van der Waals surface area contributed by atoms with Crippen LogP contribution < -0.4 is 10.6 Å². The molecule has 2 saturated heterocycles. The summed E-state index contributed by atoms with van der Waals surface area (Å²) in [7, 11) is 3.59. The summed E-state index contributed by atoms with van der Waals surface area (Å²) < 4.78 is 0. The van der Waals surface area contributed by atoms with Gasteiger partial charge in [-0.3, -0.25) is 14.7 Å². The topological polar surface area (TPSA) is 60.0 Å². The lowest BCUT2D eigenvalue weighted by Crippen LogP contribution is -2.51. The number of guanidine groups is 1. The van der Waals surface area contributed by atoms with Crippen LogP contribution >= 0.6 is 0 Å². The number of hydrogen-bond acceptors (Lipinski definition) is 3. The van der Waals surface area contributed by atoms with Crippen LogP contribution in [0.25, 0.3) is 0 Å². The molecule has 0 aromatic carbocycles. The maximum absolute atomic E-state index is 11.5. The Balaban J connectivity index is 1.77. The van der Waals surface area contributed by atoms with Crippen molar-refractivity contribution < 1.29 is 4.79 Å². The van der Waals surface area contributed by atoms with E-state index in [1.807, 2.05) is 7.05 Å². The fraction of sp³-hybridized carbons (Fsp3) is 0.889. The fourth-order valence-electron chi connectivity index (χ4n) is 3.96. The van der Waals surface area contributed by atoms with Crippen LogP contribution in [0.1, 0.15) is 45.4 Å². The van der Waals surface area contributed by atoms with Gasteiger partial charge in [-0.1, -0.05) is 13.3 Å². The number of piperidine rings is 2. The summed E-state index contributed by atoms with van der Waals surface area (Å²) in [6.45, 7) is 7.58. The van der Waals surface area contributed by atoms with Crippen LogP contribution in [0.3, 0.4) is 0 Å². The maximum Gasteiger partial charge on any atom is 0.220 e. The largest absolute Gasteiger partial charge is 0.359 e. The Morgan fingerprint density at radius 1 is 1.17 bits per heavy atom. The molecule has 0 radical (unpaired) electrons. The molecule has 24 heavy (non-hydrogen) atoms. The summed E-state index contributed by atoms with van der Waals surface area (Å²) in [6.07, 6.45) is 6.75. The average molecular weight is 338 g/mol. The van der Waals surface area contributed by atoms with E-state index >= 15 is 0 Å². The molecular formula is C18H35N5O. The number of aliphatic imine (C=N–C) groups is 1. The summed E-state index contributed by atoms with van der Waals surface area (Å²) in [4.78, 5) is 20.9. The molecule has 6 nitrogen and oxygen atoms in total. The number of rotatable bonds is 5. The summed E-state index contributed by atoms with van der Waals surface area (Å²) in [5, 5.41) is 6.33. The number of nitrogens with zero attached hydrogens (tertiary/aromatic N) is 3. The third-order valence-electron chi connectivity index (χ3n) is 5.53. The Kier molecular flexibility index (Phi) is 7.82. The second-order valence-corrected chi connectivity index (χ2v) is 7.01. The number of likely N-dealkylation sites (tertiary alicyclic amines) is 2. The number of likely N-dealkylation sites (N-methyl/N-ethyl adjacent to an activating group) is 1. The maximum atomic E-state index is 11.5. The van der Waals surface area contributed by atoms with E-state index in [2.05, 4.69) is 32.3 Å². The van der Waals surface area contributed by atoms with E-state index in [1.54, 1.807) is 7.05 Å². The molecule has 2 N–H and O–H groups in total. The second kappa shape index (κ2) is 9.87. The molecule has 0 aliphatic carbocycles. The quantitative estimate of drug-likeness (QED) is 0.586. The van der Waals surface area contributed by atoms with Gasteiger partial charge in [0, 0.05) is 46.2 Å². The zero-order chi connectivity index (χ0) is 17.4. The highest BCUT2D eigenvalue weighted by atomic mass is 16.1. The van der Waals surface area contributed by atoms with E-state index in [4.69, 9.17) is 0 Å². The smallest absolute Gasteiger partial charge is 0.220 e. The van der Waals surface area contributed by atoms with Crippen LogP contribution in [0, 0.1) is 5.92 Å². The number of carbonyl (C=O) groups is 1. The van der Waals surface area contributed by atoms with E-state index in [9.17, 15) is 4.79 Å². The first-order valence-corrected chi connectivity index (χ1v) is 9.58. The molecule has 2 aliphatic heterocycles. The average Bonchev–Trinajstić information content (AvgIpc) is 2.63. The molecule has 0 bridgehead atoms. The van der Waals surface area contributed by atoms with Crippen molar-refractivity contribution in [3.8, 4) is 0 Å². The van der Waals surface area contributed by atoms with Gasteiger partial charge in [0.15, 0.2) is 5.96 Å². The summed E-state index contributed by atoms with van der Waals surface area (Å²) in [5.41, 5.74) is 0. The van der Waals surface area contributed by atoms with Gasteiger partial charge in [-0.15, -0.1) is 0 Å². The van der Waals surface area contributed by atoms with Crippen molar-refractivity contribution in [3.05, 3.63) is 0 Å². The lowest BCUT2D eigenvalue weighted by atomic mass is 9.93. The van der Waals surface area contributed by atoms with Gasteiger partial charge in [0.1, 0.15) is 0 Å². The van der Waals surface area contributed by atoms with Crippen molar-refractivity contribution >= 4 is 11.9 Å². The van der Waals surface area contributed by atoms with E-state index in [-0.39, 0.29) is 5.91 Å². The molecule has 0 spiro atoms. The lowest BCUT2D eigenvalue weighted by Gasteiger charge is -2.37. The van der Waals surface area contributed by atoms with Gasteiger partial charge >= 0.3 is 0 Å². The summed E-state index contributed by atoms with van der Waals surface area (Å²) in [6, 6.07) is 0.631. The molecule has 1 atom stereocenters. The third-order valence-corrected chi connectivity index (χ3v) is 5.53. The summed E-state index contributed by atoms with van der Waals surface area (Å²) in [5.74, 6) is 1.69. The standard InChI is InChI=1S/C18H35N5O/c1-4-22-10-6-5-7-16(22)14-21-18(20-3)23-11-8-15(9-12-23)13-17(24)19-2/h15-16H,4-14H2,1-3H3,(H,19,24)(H,20,21). The Hall–Kier alpha value is -1.30. The molecule has 0 aromatic heterocycles. The van der Waals surface area contributed by atoms with E-state index in [1.165, 1.54) is 25.8 Å². The van der Waals surface area contributed by atoms with Crippen molar-refractivity contribution in [2.45, 2.75) is 51.5 Å². The normalized spacial score (nSPS) is 24.0. The highest BCUT2D eigenvalue weighted by Gasteiger charge is 2.25. The predicted molar refractivity (Wildman–Crippen MR) is 99.2 cm³/mol. The van der Waals surface area contributed by atoms with Crippen LogP contribution in [-0.4, -0.2) is 74.5 Å². The highest BCUT2D eigenvalue weighted by molar-refractivity contribution is 5.80. The van der Waals surface area contributed by atoms with Gasteiger partial charge < -0.3 is 15.5 Å². The third kappa shape index (κ3) is 5.36. The van der Waals surface area contributed by atoms with Crippen molar-refractivity contribution in [1.82, 2.24) is 20.4 Å². The minimum atomic E-state index is 0.160. The Morgan fingerprint density at radius 2 is 1.92 bits per heavy atom. The van der Waals surface area contributed by atoms with Gasteiger partial charge in [0.2, 0.25) is 5.91 Å². The number of hydrogen-bond donors (Lipinski definition) is 2. The van der Waals surface area contributed by atoms with Gasteiger partial charge in [-0.2, -0.15) is 0 Å². The molecule has 0 aromatic rings. The first kappa shape index (κ1) is 19.0. The highest BCUT2D eigenvalue weighted by Crippen LogP contribution is 2.21. The van der Waals surface area contributed by atoms with Crippen molar-refractivity contribution in [3.63, 3.8) is 0 Å². The predicted octanol–water partition coefficient (Wildman–Crippen LogP) is 1.28. The summed E-state index contributed by atoms with van der Waals surface area (Å²) >= 11 is 0. The Morgan fingerprint density at radius 3 is 2.54 bits per heavy atom. The molecule has 1 amide bonds. The SMILES string of the molecule is CCN1CCCCC1CNC(=NC)N1CCC(CC(=O)NC)CC1. The second-order valence-electron chi connectivity index (χ2n) is 7.01. The first-order valence-electron chi connectivity index (χ1n) is 9.58. The molecule has 138 valence electrons. The number of nitrogens with one attached hydrogen (secondary N) is 2. The molecule has 1 unspecified atom stereocenters. The van der Waals surface area contributed by atoms with Crippen molar-refractivity contribution in [1.29, 1.82) is 0 Å². The number of amides is 1. The van der Waals surface area contributed by atoms with Crippen LogP contribution in [0.5, 0.6) is 0 Å². The lowest BCUT2D eigenvalue weighted by molar-refractivity contribution is -0.121. The molecule has 2 aliphatic rings. The van der Waals surface area contributed by atoms with Gasteiger partial charge in [-0.25, -0.2) is 0 Å². The fourth-order valence-corrected chi connectivity index (χ4v) is 3.96. The minimum absolute atomic E-state index is 0.160. The van der Waals surface area contributed by atoms with Crippen LogP contribution in [0.2, 0.25) is 0 Å². The van der Waals surface area contributed by atoms with Gasteiger partial charge in [0.25, 0.3) is 0 Å². The Bertz CT molecular complexity index is 418. The minimum Gasteiger partial charge on any atom is -0.359 e. The van der Waals surface area contributed by atoms with E-state index < -0.39 is 0 Å². The van der Waals surface area contributed by atoms with E-state index in [0.717, 1.165) is 45.0 Å². The van der Waals surface area contributed by atoms with Gasteiger partial charge in [-0.05, 0) is 44.7 Å². The number of carbonyl (C=O) groups excluding carboxylic acids is 1. The molecule has 2 rings (SSSR count). The zero-order valence-electron chi connectivity index (χ0n) is 15.7. The zero-order valence-corrected chi connectivity index (χ0v) is 15.7.